The number of piperazine rings is 1. The van der Waals surface area contributed by atoms with Gasteiger partial charge in [-0.15, -0.1) is 0 Å². The molecule has 2 heteroatoms. The van der Waals surface area contributed by atoms with E-state index in [0.717, 1.165) is 6.04 Å². The molecule has 0 saturated carbocycles. The van der Waals surface area contributed by atoms with Crippen molar-refractivity contribution in [1.29, 1.82) is 0 Å². The van der Waals surface area contributed by atoms with Crippen LogP contribution in [0.1, 0.15) is 105 Å². The van der Waals surface area contributed by atoms with Crippen LogP contribution in [-0.2, 0) is 0 Å². The van der Waals surface area contributed by atoms with E-state index in [1.165, 1.54) is 103 Å². The zero-order chi connectivity index (χ0) is 17.6. The molecule has 24 heavy (non-hydrogen) atoms. The molecule has 2 nitrogen and oxygen atoms in total. The highest BCUT2D eigenvalue weighted by Crippen LogP contribution is 2.20. The van der Waals surface area contributed by atoms with E-state index >= 15 is 0 Å². The van der Waals surface area contributed by atoms with Gasteiger partial charge in [0.1, 0.15) is 0 Å². The molecular weight excluding hydrogens is 292 g/mol. The highest BCUT2D eigenvalue weighted by Gasteiger charge is 2.24. The van der Waals surface area contributed by atoms with Crippen molar-refractivity contribution in [3.63, 3.8) is 0 Å². The summed E-state index contributed by atoms with van der Waals surface area (Å²) >= 11 is 0. The Morgan fingerprint density at radius 1 is 0.583 bits per heavy atom. The second-order valence-electron chi connectivity index (χ2n) is 8.23. The minimum absolute atomic E-state index is 0.716. The second-order valence-corrected chi connectivity index (χ2v) is 8.23. The first-order valence-corrected chi connectivity index (χ1v) is 11.2. The molecule has 0 unspecified atom stereocenters. The van der Waals surface area contributed by atoms with Crippen molar-refractivity contribution in [3.8, 4) is 0 Å². The maximum atomic E-state index is 2.83. The predicted molar refractivity (Wildman–Crippen MR) is 109 cm³/mol. The maximum Gasteiger partial charge on any atom is 0.0113 e. The lowest BCUT2D eigenvalue weighted by Crippen LogP contribution is -2.52. The Bertz CT molecular complexity index is 255. The molecule has 1 heterocycles. The quantitative estimate of drug-likeness (QED) is 0.353. The average Bonchev–Trinajstić information content (AvgIpc) is 2.59. The van der Waals surface area contributed by atoms with Crippen LogP contribution < -0.4 is 0 Å². The molecule has 0 bridgehead atoms. The molecule has 0 aromatic carbocycles. The van der Waals surface area contributed by atoms with Gasteiger partial charge in [-0.3, -0.25) is 9.80 Å². The van der Waals surface area contributed by atoms with Crippen LogP contribution in [0.4, 0.5) is 0 Å². The molecule has 0 amide bonds. The highest BCUT2D eigenvalue weighted by molar-refractivity contribution is 4.80. The fourth-order valence-corrected chi connectivity index (χ4v) is 4.10. The van der Waals surface area contributed by atoms with Gasteiger partial charge in [-0.25, -0.2) is 0 Å². The van der Waals surface area contributed by atoms with E-state index < -0.39 is 0 Å². The van der Waals surface area contributed by atoms with E-state index in [2.05, 4.69) is 37.5 Å². The van der Waals surface area contributed by atoms with Gasteiger partial charge in [0, 0.05) is 38.3 Å². The standard InChI is InChI=1S/C22H46N2/c1-5-7-9-11-13-15-22(16-14-12-10-8-6-2)24-19-17-23(18-20-24)21(3)4/h21-22H,5-20H2,1-4H3. The Kier molecular flexibility index (Phi) is 12.9. The Morgan fingerprint density at radius 3 is 1.42 bits per heavy atom. The third kappa shape index (κ3) is 9.42. The minimum atomic E-state index is 0.716. The van der Waals surface area contributed by atoms with Crippen molar-refractivity contribution >= 4 is 0 Å². The third-order valence-corrected chi connectivity index (χ3v) is 5.88. The predicted octanol–water partition coefficient (Wildman–Crippen LogP) is 6.10. The number of hydrogen-bond donors (Lipinski definition) is 0. The van der Waals surface area contributed by atoms with E-state index in [0.29, 0.717) is 6.04 Å². The van der Waals surface area contributed by atoms with Crippen LogP contribution in [0.2, 0.25) is 0 Å². The molecule has 0 spiro atoms. The second kappa shape index (κ2) is 14.1. The van der Waals surface area contributed by atoms with E-state index in [4.69, 9.17) is 0 Å². The number of rotatable bonds is 14. The lowest BCUT2D eigenvalue weighted by atomic mass is 9.98. The Labute approximate surface area is 153 Å². The summed E-state index contributed by atoms with van der Waals surface area (Å²) in [4.78, 5) is 5.48. The van der Waals surface area contributed by atoms with Gasteiger partial charge in [0.15, 0.2) is 0 Å². The fraction of sp³-hybridized carbons (Fsp3) is 1.00. The molecule has 1 aliphatic heterocycles. The zero-order valence-electron chi connectivity index (χ0n) is 17.4. The average molecular weight is 339 g/mol. The van der Waals surface area contributed by atoms with E-state index in [1.807, 2.05) is 0 Å². The van der Waals surface area contributed by atoms with Gasteiger partial charge >= 0.3 is 0 Å². The van der Waals surface area contributed by atoms with Crippen LogP contribution in [0.25, 0.3) is 0 Å². The van der Waals surface area contributed by atoms with Gasteiger partial charge in [0.2, 0.25) is 0 Å². The normalized spacial score (nSPS) is 17.2. The maximum absolute atomic E-state index is 2.83. The fourth-order valence-electron chi connectivity index (χ4n) is 4.10. The number of unbranched alkanes of at least 4 members (excludes halogenated alkanes) is 8. The lowest BCUT2D eigenvalue weighted by molar-refractivity contribution is 0.0698. The van der Waals surface area contributed by atoms with Gasteiger partial charge in [-0.2, -0.15) is 0 Å². The molecule has 1 rings (SSSR count). The molecule has 0 N–H and O–H groups in total. The van der Waals surface area contributed by atoms with Gasteiger partial charge in [0.05, 0.1) is 0 Å². The Morgan fingerprint density at radius 2 is 1.00 bits per heavy atom. The topological polar surface area (TPSA) is 6.48 Å². The van der Waals surface area contributed by atoms with Crippen LogP contribution in [0.15, 0.2) is 0 Å². The van der Waals surface area contributed by atoms with Crippen molar-refractivity contribution in [2.75, 3.05) is 26.2 Å². The molecule has 0 aromatic heterocycles. The zero-order valence-corrected chi connectivity index (χ0v) is 17.4. The van der Waals surface area contributed by atoms with E-state index in [-0.39, 0.29) is 0 Å². The van der Waals surface area contributed by atoms with Crippen LogP contribution in [0, 0.1) is 0 Å². The summed E-state index contributed by atoms with van der Waals surface area (Å²) in [5, 5.41) is 0. The lowest BCUT2D eigenvalue weighted by Gasteiger charge is -2.41. The summed E-state index contributed by atoms with van der Waals surface area (Å²) in [7, 11) is 0. The van der Waals surface area contributed by atoms with Crippen molar-refractivity contribution in [2.45, 2.75) is 117 Å². The summed E-state index contributed by atoms with van der Waals surface area (Å²) in [6.45, 7) is 14.5. The van der Waals surface area contributed by atoms with E-state index in [1.54, 1.807) is 0 Å². The summed E-state index contributed by atoms with van der Waals surface area (Å²) in [6.07, 6.45) is 17.1. The van der Waals surface area contributed by atoms with Gasteiger partial charge < -0.3 is 0 Å². The minimum Gasteiger partial charge on any atom is -0.298 e. The molecule has 1 saturated heterocycles. The number of hydrogen-bond acceptors (Lipinski definition) is 2. The van der Waals surface area contributed by atoms with Crippen molar-refractivity contribution in [1.82, 2.24) is 9.80 Å². The first kappa shape index (κ1) is 22.0. The Balaban J connectivity index is 2.33. The molecule has 144 valence electrons. The van der Waals surface area contributed by atoms with Gasteiger partial charge in [-0.1, -0.05) is 78.1 Å². The smallest absolute Gasteiger partial charge is 0.0113 e. The highest BCUT2D eigenvalue weighted by atomic mass is 15.3. The van der Waals surface area contributed by atoms with Crippen molar-refractivity contribution in [3.05, 3.63) is 0 Å². The van der Waals surface area contributed by atoms with Crippen molar-refractivity contribution < 1.29 is 0 Å². The van der Waals surface area contributed by atoms with E-state index in [9.17, 15) is 0 Å². The van der Waals surface area contributed by atoms with Crippen molar-refractivity contribution in [2.24, 2.45) is 0 Å². The largest absolute Gasteiger partial charge is 0.298 e. The summed E-state index contributed by atoms with van der Waals surface area (Å²) in [5.74, 6) is 0. The molecule has 0 atom stereocenters. The van der Waals surface area contributed by atoms with Crippen LogP contribution in [0.3, 0.4) is 0 Å². The molecule has 1 aliphatic rings. The summed E-state index contributed by atoms with van der Waals surface area (Å²) in [6, 6.07) is 1.58. The molecular formula is C22H46N2. The van der Waals surface area contributed by atoms with Crippen LogP contribution >= 0.6 is 0 Å². The molecule has 1 fully saturated rings. The molecule has 0 aliphatic carbocycles. The SMILES string of the molecule is CCCCCCCC(CCCCCCC)N1CCN(C(C)C)CC1. The summed E-state index contributed by atoms with van der Waals surface area (Å²) < 4.78 is 0. The number of nitrogens with zero attached hydrogens (tertiary/aromatic N) is 2. The Hall–Kier alpha value is -0.0800. The van der Waals surface area contributed by atoms with Gasteiger partial charge in [-0.05, 0) is 26.7 Å². The third-order valence-electron chi connectivity index (χ3n) is 5.88. The van der Waals surface area contributed by atoms with Gasteiger partial charge in [0.25, 0.3) is 0 Å². The van der Waals surface area contributed by atoms with Crippen LogP contribution in [-0.4, -0.2) is 48.1 Å². The summed E-state index contributed by atoms with van der Waals surface area (Å²) in [5.41, 5.74) is 0. The molecule has 0 radical (unpaired) electrons. The molecule has 0 aromatic rings. The van der Waals surface area contributed by atoms with Crippen LogP contribution in [0.5, 0.6) is 0 Å². The monoisotopic (exact) mass is 338 g/mol. The first-order valence-electron chi connectivity index (χ1n) is 11.2. The first-order chi connectivity index (χ1) is 11.7.